The van der Waals surface area contributed by atoms with Crippen molar-refractivity contribution in [2.45, 2.75) is 44.6 Å². The van der Waals surface area contributed by atoms with Gasteiger partial charge in [0, 0.05) is 17.8 Å². The summed E-state index contributed by atoms with van der Waals surface area (Å²) in [5, 5.41) is 4.07. The van der Waals surface area contributed by atoms with Gasteiger partial charge in [-0.3, -0.25) is 5.32 Å². The highest BCUT2D eigenvalue weighted by Gasteiger charge is 2.26. The second-order valence-corrected chi connectivity index (χ2v) is 5.44. The van der Waals surface area contributed by atoms with E-state index in [1.54, 1.807) is 0 Å². The van der Waals surface area contributed by atoms with E-state index in [1.807, 2.05) is 24.3 Å². The van der Waals surface area contributed by atoms with Gasteiger partial charge in [0.2, 0.25) is 0 Å². The van der Waals surface area contributed by atoms with Crippen LogP contribution in [0, 0.1) is 0 Å². The molecule has 3 nitrogen and oxygen atoms in total. The first kappa shape index (κ1) is 11.0. The van der Waals surface area contributed by atoms with Crippen molar-refractivity contribution in [2.24, 2.45) is 0 Å². The first-order chi connectivity index (χ1) is 7.22. The Kier molecular flexibility index (Phi) is 3.36. The molecule has 4 heteroatoms. The Balaban J connectivity index is 2.13. The summed E-state index contributed by atoms with van der Waals surface area (Å²) in [6.07, 6.45) is 5.13. The van der Waals surface area contributed by atoms with Crippen LogP contribution in [-0.4, -0.2) is 21.3 Å². The van der Waals surface area contributed by atoms with Crippen molar-refractivity contribution in [1.29, 1.82) is 0 Å². The highest BCUT2D eigenvalue weighted by molar-refractivity contribution is 7.99. The summed E-state index contributed by atoms with van der Waals surface area (Å²) in [5.41, 5.74) is 1.31. The molecular formula is C11H19N3S. The third-order valence-corrected chi connectivity index (χ3v) is 4.17. The van der Waals surface area contributed by atoms with Crippen LogP contribution in [0.15, 0.2) is 12.5 Å². The number of nitrogens with zero attached hydrogens (tertiary/aromatic N) is 2. The highest BCUT2D eigenvalue weighted by Crippen LogP contribution is 2.34. The molecule has 84 valence electrons. The molecular weight excluding hydrogens is 206 g/mol. The molecule has 1 aromatic heterocycles. The maximum absolute atomic E-state index is 4.25. The number of thioether (sulfide) groups is 1. The molecule has 2 heterocycles. The van der Waals surface area contributed by atoms with Crippen molar-refractivity contribution >= 4 is 11.8 Å². The van der Waals surface area contributed by atoms with Gasteiger partial charge in [-0.2, -0.15) is 0 Å². The van der Waals surface area contributed by atoms with Gasteiger partial charge in [0.25, 0.3) is 0 Å². The molecule has 1 aliphatic rings. The minimum Gasteiger partial charge on any atom is -0.330 e. The van der Waals surface area contributed by atoms with Gasteiger partial charge in [0.1, 0.15) is 0 Å². The Bertz CT molecular complexity index is 321. The summed E-state index contributed by atoms with van der Waals surface area (Å²) in [6, 6.07) is 1.15. The maximum atomic E-state index is 4.25. The van der Waals surface area contributed by atoms with Gasteiger partial charge in [-0.05, 0) is 20.3 Å². The van der Waals surface area contributed by atoms with Gasteiger partial charge >= 0.3 is 0 Å². The Morgan fingerprint density at radius 1 is 1.67 bits per heavy atom. The fourth-order valence-corrected chi connectivity index (χ4v) is 3.28. The van der Waals surface area contributed by atoms with E-state index in [4.69, 9.17) is 0 Å². The molecule has 1 aromatic rings. The van der Waals surface area contributed by atoms with Crippen molar-refractivity contribution in [3.8, 4) is 0 Å². The molecule has 2 rings (SSSR count). The Hall–Kier alpha value is -0.480. The third-order valence-electron chi connectivity index (χ3n) is 2.86. The van der Waals surface area contributed by atoms with Crippen LogP contribution in [0.1, 0.15) is 44.3 Å². The molecule has 0 aromatic carbocycles. The predicted octanol–water partition coefficient (Wildman–Crippen LogP) is 2.58. The van der Waals surface area contributed by atoms with Crippen LogP contribution in [0.3, 0.4) is 0 Å². The van der Waals surface area contributed by atoms with Crippen LogP contribution >= 0.6 is 11.8 Å². The molecule has 1 saturated heterocycles. The minimum atomic E-state index is 0.430. The summed E-state index contributed by atoms with van der Waals surface area (Å²) < 4.78 is 2.25. The Labute approximate surface area is 95.7 Å². The van der Waals surface area contributed by atoms with E-state index < -0.39 is 0 Å². The zero-order chi connectivity index (χ0) is 10.8. The van der Waals surface area contributed by atoms with Gasteiger partial charge in [0.05, 0.1) is 23.6 Å². The quantitative estimate of drug-likeness (QED) is 0.857. The summed E-state index contributed by atoms with van der Waals surface area (Å²) in [4.78, 5) is 4.25. The average molecular weight is 225 g/mol. The number of nitrogens with one attached hydrogen (secondary N) is 1. The molecule has 0 radical (unpaired) electrons. The fourth-order valence-electron chi connectivity index (χ4n) is 1.88. The fraction of sp³-hybridized carbons (Fsp3) is 0.727. The number of rotatable bonds is 3. The van der Waals surface area contributed by atoms with Gasteiger partial charge in [0.15, 0.2) is 0 Å². The molecule has 0 aliphatic carbocycles. The molecule has 0 amide bonds. The van der Waals surface area contributed by atoms with Crippen LogP contribution in [0.25, 0.3) is 0 Å². The zero-order valence-electron chi connectivity index (χ0n) is 9.60. The smallest absolute Gasteiger partial charge is 0.0961 e. The van der Waals surface area contributed by atoms with E-state index in [1.165, 1.54) is 17.9 Å². The largest absolute Gasteiger partial charge is 0.330 e. The number of imidazole rings is 1. The molecule has 0 spiro atoms. The summed E-state index contributed by atoms with van der Waals surface area (Å²) in [5.74, 6) is 1.21. The van der Waals surface area contributed by atoms with Crippen molar-refractivity contribution in [1.82, 2.24) is 14.9 Å². The predicted molar refractivity (Wildman–Crippen MR) is 65.0 cm³/mol. The van der Waals surface area contributed by atoms with E-state index >= 15 is 0 Å². The van der Waals surface area contributed by atoms with Crippen LogP contribution in [0.4, 0.5) is 0 Å². The molecule has 0 bridgehead atoms. The zero-order valence-corrected chi connectivity index (χ0v) is 10.4. The summed E-state index contributed by atoms with van der Waals surface area (Å²) in [7, 11) is 0. The highest BCUT2D eigenvalue weighted by atomic mass is 32.2. The van der Waals surface area contributed by atoms with E-state index in [0.717, 1.165) is 0 Å². The topological polar surface area (TPSA) is 29.9 Å². The minimum absolute atomic E-state index is 0.430. The Morgan fingerprint density at radius 2 is 2.47 bits per heavy atom. The first-order valence-electron chi connectivity index (χ1n) is 5.61. The first-order valence-corrected chi connectivity index (χ1v) is 6.66. The van der Waals surface area contributed by atoms with Crippen LogP contribution < -0.4 is 5.32 Å². The third kappa shape index (κ3) is 2.21. The summed E-state index contributed by atoms with van der Waals surface area (Å²) in [6.45, 7) is 6.63. The molecule has 1 N–H and O–H groups in total. The molecule has 1 fully saturated rings. The van der Waals surface area contributed by atoms with E-state index in [0.29, 0.717) is 17.5 Å². The van der Waals surface area contributed by atoms with Gasteiger partial charge in [-0.1, -0.05) is 6.92 Å². The molecule has 1 aliphatic heterocycles. The number of hydrogen-bond donors (Lipinski definition) is 1. The summed E-state index contributed by atoms with van der Waals surface area (Å²) >= 11 is 1.99. The second-order valence-electron chi connectivity index (χ2n) is 4.30. The van der Waals surface area contributed by atoms with Crippen LogP contribution in [0.5, 0.6) is 0 Å². The molecule has 0 saturated carbocycles. The lowest BCUT2D eigenvalue weighted by molar-refractivity contribution is 0.515. The second kappa shape index (κ2) is 4.58. The lowest BCUT2D eigenvalue weighted by Crippen LogP contribution is -2.26. The van der Waals surface area contributed by atoms with Crippen molar-refractivity contribution < 1.29 is 0 Å². The van der Waals surface area contributed by atoms with Crippen molar-refractivity contribution in [3.63, 3.8) is 0 Å². The monoisotopic (exact) mass is 225 g/mol. The standard InChI is InChI=1S/C11H19N3S/c1-4-9-6-15-11(13-9)10-5-12-7-14(10)8(2)3/h5,7-9,11,13H,4,6H2,1-3H3. The normalized spacial score (nSPS) is 26.4. The van der Waals surface area contributed by atoms with Crippen molar-refractivity contribution in [2.75, 3.05) is 5.75 Å². The van der Waals surface area contributed by atoms with Crippen molar-refractivity contribution in [3.05, 3.63) is 18.2 Å². The number of aromatic nitrogens is 2. The number of hydrogen-bond acceptors (Lipinski definition) is 3. The maximum Gasteiger partial charge on any atom is 0.0961 e. The SMILES string of the molecule is CCC1CSC(c2cncn2C(C)C)N1. The van der Waals surface area contributed by atoms with Gasteiger partial charge in [-0.25, -0.2) is 4.98 Å². The molecule has 2 unspecified atom stereocenters. The van der Waals surface area contributed by atoms with Gasteiger partial charge < -0.3 is 4.57 Å². The van der Waals surface area contributed by atoms with E-state index in [9.17, 15) is 0 Å². The molecule has 15 heavy (non-hydrogen) atoms. The lowest BCUT2D eigenvalue weighted by Gasteiger charge is -2.17. The van der Waals surface area contributed by atoms with Crippen LogP contribution in [-0.2, 0) is 0 Å². The average Bonchev–Trinajstić information content (AvgIpc) is 2.85. The lowest BCUT2D eigenvalue weighted by atomic mass is 10.2. The molecule has 2 atom stereocenters. The van der Waals surface area contributed by atoms with Gasteiger partial charge in [-0.15, -0.1) is 11.8 Å². The Morgan fingerprint density at radius 3 is 3.07 bits per heavy atom. The van der Waals surface area contributed by atoms with Crippen LogP contribution in [0.2, 0.25) is 0 Å². The van der Waals surface area contributed by atoms with E-state index in [2.05, 4.69) is 35.6 Å². The van der Waals surface area contributed by atoms with E-state index in [-0.39, 0.29) is 0 Å².